The van der Waals surface area contributed by atoms with Gasteiger partial charge in [0.05, 0.1) is 12.5 Å². The van der Waals surface area contributed by atoms with Crippen molar-refractivity contribution in [3.05, 3.63) is 24.2 Å². The van der Waals surface area contributed by atoms with E-state index in [2.05, 4.69) is 17.3 Å². The van der Waals surface area contributed by atoms with Gasteiger partial charge in [-0.15, -0.1) is 0 Å². The molecule has 1 aliphatic rings. The minimum Gasteiger partial charge on any atom is -0.472 e. The van der Waals surface area contributed by atoms with Crippen molar-refractivity contribution in [1.82, 2.24) is 10.2 Å². The maximum Gasteiger partial charge on any atom is 0.0947 e. The van der Waals surface area contributed by atoms with Crippen LogP contribution in [0.1, 0.15) is 12.0 Å². The minimum absolute atomic E-state index is 0.653. The molecular weight excluding hydrogens is 164 g/mol. The fraction of sp³-hybridized carbons (Fsp3) is 0.600. The van der Waals surface area contributed by atoms with E-state index in [1.807, 2.05) is 6.07 Å². The van der Waals surface area contributed by atoms with Crippen molar-refractivity contribution in [2.45, 2.75) is 19.0 Å². The van der Waals surface area contributed by atoms with Gasteiger partial charge in [-0.05, 0) is 26.1 Å². The Kier molecular flexibility index (Phi) is 2.66. The van der Waals surface area contributed by atoms with Crippen LogP contribution < -0.4 is 5.32 Å². The normalized spacial score (nSPS) is 23.9. The highest BCUT2D eigenvalue weighted by Crippen LogP contribution is 2.07. The van der Waals surface area contributed by atoms with Gasteiger partial charge >= 0.3 is 0 Å². The summed E-state index contributed by atoms with van der Waals surface area (Å²) in [5.74, 6) is 0. The Balaban J connectivity index is 1.74. The van der Waals surface area contributed by atoms with Crippen LogP contribution in [0.25, 0.3) is 0 Å². The molecule has 1 fully saturated rings. The first-order valence-electron chi connectivity index (χ1n) is 4.77. The van der Waals surface area contributed by atoms with Gasteiger partial charge in [0, 0.05) is 24.7 Å². The van der Waals surface area contributed by atoms with Gasteiger partial charge in [-0.25, -0.2) is 0 Å². The highest BCUT2D eigenvalue weighted by atomic mass is 16.3. The number of hydrogen-bond acceptors (Lipinski definition) is 3. The standard InChI is InChI=1S/C10H16N2O/c1-12-4-2-10(7-12)11-6-9-3-5-13-8-9/h3,5,8,10-11H,2,4,6-7H2,1H3. The van der Waals surface area contributed by atoms with Crippen molar-refractivity contribution in [2.75, 3.05) is 20.1 Å². The molecular formula is C10H16N2O. The Labute approximate surface area is 78.7 Å². The van der Waals surface area contributed by atoms with Gasteiger partial charge in [0.25, 0.3) is 0 Å². The lowest BCUT2D eigenvalue weighted by Gasteiger charge is -2.11. The fourth-order valence-corrected chi connectivity index (χ4v) is 1.76. The molecule has 1 N–H and O–H groups in total. The van der Waals surface area contributed by atoms with Gasteiger partial charge in [0.2, 0.25) is 0 Å². The molecule has 13 heavy (non-hydrogen) atoms. The predicted molar refractivity (Wildman–Crippen MR) is 51.4 cm³/mol. The highest BCUT2D eigenvalue weighted by molar-refractivity contribution is 5.04. The van der Waals surface area contributed by atoms with E-state index in [0.29, 0.717) is 6.04 Å². The van der Waals surface area contributed by atoms with Crippen molar-refractivity contribution in [1.29, 1.82) is 0 Å². The van der Waals surface area contributed by atoms with Crippen LogP contribution in [-0.2, 0) is 6.54 Å². The average Bonchev–Trinajstić information content (AvgIpc) is 2.71. The van der Waals surface area contributed by atoms with E-state index < -0.39 is 0 Å². The van der Waals surface area contributed by atoms with Crippen molar-refractivity contribution < 1.29 is 4.42 Å². The van der Waals surface area contributed by atoms with Gasteiger partial charge in [0.1, 0.15) is 0 Å². The lowest BCUT2D eigenvalue weighted by Crippen LogP contribution is -2.30. The van der Waals surface area contributed by atoms with Crippen LogP contribution in [0.15, 0.2) is 23.0 Å². The fourth-order valence-electron chi connectivity index (χ4n) is 1.76. The molecule has 3 nitrogen and oxygen atoms in total. The second-order valence-electron chi connectivity index (χ2n) is 3.76. The zero-order valence-corrected chi connectivity index (χ0v) is 7.99. The molecule has 0 amide bonds. The summed E-state index contributed by atoms with van der Waals surface area (Å²) in [6, 6.07) is 2.66. The Bertz CT molecular complexity index is 245. The van der Waals surface area contributed by atoms with Crippen molar-refractivity contribution in [2.24, 2.45) is 0 Å². The van der Waals surface area contributed by atoms with Crippen LogP contribution in [0.5, 0.6) is 0 Å². The number of nitrogens with one attached hydrogen (secondary N) is 1. The number of rotatable bonds is 3. The number of likely N-dealkylation sites (tertiary alicyclic amines) is 1. The summed E-state index contributed by atoms with van der Waals surface area (Å²) < 4.78 is 5.00. The molecule has 1 atom stereocenters. The molecule has 1 unspecified atom stereocenters. The van der Waals surface area contributed by atoms with Crippen LogP contribution in [0.3, 0.4) is 0 Å². The quantitative estimate of drug-likeness (QED) is 0.754. The third-order valence-electron chi connectivity index (χ3n) is 2.57. The number of likely N-dealkylation sites (N-methyl/N-ethyl adjacent to an activating group) is 1. The first kappa shape index (κ1) is 8.78. The second kappa shape index (κ2) is 3.94. The Morgan fingerprint density at radius 1 is 1.69 bits per heavy atom. The minimum atomic E-state index is 0.653. The molecule has 3 heteroatoms. The summed E-state index contributed by atoms with van der Waals surface area (Å²) in [6.45, 7) is 3.30. The Morgan fingerprint density at radius 2 is 2.62 bits per heavy atom. The summed E-state index contributed by atoms with van der Waals surface area (Å²) in [4.78, 5) is 2.35. The lowest BCUT2D eigenvalue weighted by molar-refractivity contribution is 0.397. The third-order valence-corrected chi connectivity index (χ3v) is 2.57. The van der Waals surface area contributed by atoms with Crippen LogP contribution >= 0.6 is 0 Å². The van der Waals surface area contributed by atoms with Gasteiger partial charge in [-0.3, -0.25) is 0 Å². The largest absolute Gasteiger partial charge is 0.472 e. The van der Waals surface area contributed by atoms with E-state index in [0.717, 1.165) is 13.1 Å². The third kappa shape index (κ3) is 2.32. The zero-order valence-electron chi connectivity index (χ0n) is 7.99. The molecule has 0 aromatic carbocycles. The van der Waals surface area contributed by atoms with E-state index in [-0.39, 0.29) is 0 Å². The smallest absolute Gasteiger partial charge is 0.0947 e. The zero-order chi connectivity index (χ0) is 9.10. The van der Waals surface area contributed by atoms with Crippen LogP contribution in [0.2, 0.25) is 0 Å². The molecule has 72 valence electrons. The summed E-state index contributed by atoms with van der Waals surface area (Å²) in [7, 11) is 2.17. The van der Waals surface area contributed by atoms with Gasteiger partial charge in [-0.1, -0.05) is 0 Å². The summed E-state index contributed by atoms with van der Waals surface area (Å²) >= 11 is 0. The van der Waals surface area contributed by atoms with E-state index in [1.165, 1.54) is 18.5 Å². The van der Waals surface area contributed by atoms with Crippen LogP contribution in [0.4, 0.5) is 0 Å². The number of nitrogens with zero attached hydrogens (tertiary/aromatic N) is 1. The van der Waals surface area contributed by atoms with Crippen LogP contribution in [0, 0.1) is 0 Å². The molecule has 0 radical (unpaired) electrons. The number of furan rings is 1. The van der Waals surface area contributed by atoms with Crippen molar-refractivity contribution in [3.63, 3.8) is 0 Å². The maximum absolute atomic E-state index is 5.00. The monoisotopic (exact) mass is 180 g/mol. The van der Waals surface area contributed by atoms with E-state index in [1.54, 1.807) is 12.5 Å². The van der Waals surface area contributed by atoms with Gasteiger partial charge < -0.3 is 14.6 Å². The van der Waals surface area contributed by atoms with Crippen LogP contribution in [-0.4, -0.2) is 31.1 Å². The highest BCUT2D eigenvalue weighted by Gasteiger charge is 2.18. The van der Waals surface area contributed by atoms with Gasteiger partial charge in [0.15, 0.2) is 0 Å². The first-order valence-corrected chi connectivity index (χ1v) is 4.77. The van der Waals surface area contributed by atoms with E-state index >= 15 is 0 Å². The molecule has 1 aromatic heterocycles. The Hall–Kier alpha value is -0.800. The molecule has 2 rings (SSSR count). The summed E-state index contributed by atoms with van der Waals surface area (Å²) in [5.41, 5.74) is 1.23. The molecule has 0 spiro atoms. The van der Waals surface area contributed by atoms with Gasteiger partial charge in [-0.2, -0.15) is 0 Å². The second-order valence-corrected chi connectivity index (χ2v) is 3.76. The predicted octanol–water partition coefficient (Wildman–Crippen LogP) is 1.07. The molecule has 1 saturated heterocycles. The molecule has 0 saturated carbocycles. The molecule has 1 aromatic rings. The summed E-state index contributed by atoms with van der Waals surface area (Å²) in [6.07, 6.45) is 4.78. The van der Waals surface area contributed by atoms with E-state index in [4.69, 9.17) is 4.42 Å². The molecule has 2 heterocycles. The SMILES string of the molecule is CN1CCC(NCc2ccoc2)C1. The Morgan fingerprint density at radius 3 is 3.23 bits per heavy atom. The molecule has 1 aliphatic heterocycles. The number of hydrogen-bond donors (Lipinski definition) is 1. The van der Waals surface area contributed by atoms with E-state index in [9.17, 15) is 0 Å². The van der Waals surface area contributed by atoms with Crippen molar-refractivity contribution >= 4 is 0 Å². The first-order chi connectivity index (χ1) is 6.34. The van der Waals surface area contributed by atoms with Crippen molar-refractivity contribution in [3.8, 4) is 0 Å². The lowest BCUT2D eigenvalue weighted by atomic mass is 10.2. The average molecular weight is 180 g/mol. The summed E-state index contributed by atoms with van der Waals surface area (Å²) in [5, 5.41) is 3.51. The topological polar surface area (TPSA) is 28.4 Å². The molecule has 0 aliphatic carbocycles. The maximum atomic E-state index is 5.00. The molecule has 0 bridgehead atoms.